The van der Waals surface area contributed by atoms with Crippen LogP contribution in [-0.4, -0.2) is 65.9 Å². The van der Waals surface area contributed by atoms with Crippen molar-refractivity contribution in [2.45, 2.75) is 13.8 Å². The molecule has 1 aliphatic heterocycles. The van der Waals surface area contributed by atoms with E-state index in [0.29, 0.717) is 40.8 Å². The van der Waals surface area contributed by atoms with Crippen molar-refractivity contribution in [3.8, 4) is 17.2 Å². The maximum absolute atomic E-state index is 13.3. The molecule has 0 aromatic heterocycles. The third kappa shape index (κ3) is 6.77. The summed E-state index contributed by atoms with van der Waals surface area (Å²) in [5.74, 6) is 1.68. The second-order valence-electron chi connectivity index (χ2n) is 10.0. The third-order valence-corrected chi connectivity index (χ3v) is 6.83. The topological polar surface area (TPSA) is 92.4 Å². The Morgan fingerprint density at radius 3 is 2.00 bits per heavy atom. The number of hydrogen-bond donors (Lipinski definition) is 2. The van der Waals surface area contributed by atoms with Crippen molar-refractivity contribution >= 4 is 28.9 Å². The summed E-state index contributed by atoms with van der Waals surface area (Å²) in [6.45, 7) is 7.69. The van der Waals surface area contributed by atoms with Gasteiger partial charge < -0.3 is 34.6 Å². The van der Waals surface area contributed by atoms with E-state index in [1.54, 1.807) is 31.4 Å². The Morgan fingerprint density at radius 2 is 1.40 bits per heavy atom. The van der Waals surface area contributed by atoms with Gasteiger partial charge in [0.1, 0.15) is 17.2 Å². The summed E-state index contributed by atoms with van der Waals surface area (Å²) >= 11 is 0. The fourth-order valence-corrected chi connectivity index (χ4v) is 4.68. The first kappa shape index (κ1) is 28.6. The highest BCUT2D eigenvalue weighted by Gasteiger charge is 2.24. The minimum atomic E-state index is -0.330. The van der Waals surface area contributed by atoms with Crippen LogP contribution in [0.15, 0.2) is 60.7 Å². The highest BCUT2D eigenvalue weighted by Crippen LogP contribution is 2.31. The molecule has 40 heavy (non-hydrogen) atoms. The number of hydrogen-bond acceptors (Lipinski definition) is 7. The van der Waals surface area contributed by atoms with Crippen molar-refractivity contribution in [1.82, 2.24) is 5.32 Å². The molecule has 2 amide bonds. The molecule has 0 bridgehead atoms. The third-order valence-electron chi connectivity index (χ3n) is 6.83. The van der Waals surface area contributed by atoms with Gasteiger partial charge in [-0.2, -0.15) is 0 Å². The van der Waals surface area contributed by atoms with Gasteiger partial charge in [0.25, 0.3) is 11.8 Å². The van der Waals surface area contributed by atoms with Gasteiger partial charge in [-0.25, -0.2) is 0 Å². The molecule has 3 aromatic rings. The lowest BCUT2D eigenvalue weighted by atomic mass is 10.1. The molecule has 1 heterocycles. The lowest BCUT2D eigenvalue weighted by Crippen LogP contribution is -2.47. The molecule has 1 aliphatic rings. The molecule has 0 aliphatic carbocycles. The molecule has 212 valence electrons. The van der Waals surface area contributed by atoms with Crippen molar-refractivity contribution in [2.75, 3.05) is 69.2 Å². The van der Waals surface area contributed by atoms with E-state index in [-0.39, 0.29) is 11.8 Å². The number of para-hydroxylation sites is 2. The first-order valence-electron chi connectivity index (χ1n) is 13.4. The standard InChI is InChI=1S/C31H38N4O5/c1-21(2)20-32-31(37)26-18-23(33-30(36)22-16-24(38-3)19-25(17-22)39-4)10-11-27(26)34-12-14-35(15-13-34)28-8-6-7-9-29(28)40-5/h6-11,16-19,21H,12-15,20H2,1-5H3,(H,32,37)(H,33,36). The molecule has 0 unspecified atom stereocenters. The highest BCUT2D eigenvalue weighted by molar-refractivity contribution is 6.06. The molecule has 0 radical (unpaired) electrons. The Kier molecular flexibility index (Phi) is 9.37. The molecule has 1 fully saturated rings. The monoisotopic (exact) mass is 546 g/mol. The summed E-state index contributed by atoms with van der Waals surface area (Å²) < 4.78 is 16.1. The van der Waals surface area contributed by atoms with Gasteiger partial charge in [-0.1, -0.05) is 26.0 Å². The average Bonchev–Trinajstić information content (AvgIpc) is 2.99. The fourth-order valence-electron chi connectivity index (χ4n) is 4.68. The van der Waals surface area contributed by atoms with Crippen LogP contribution < -0.4 is 34.6 Å². The number of nitrogens with zero attached hydrogens (tertiary/aromatic N) is 2. The van der Waals surface area contributed by atoms with Crippen LogP contribution >= 0.6 is 0 Å². The van der Waals surface area contributed by atoms with E-state index in [4.69, 9.17) is 14.2 Å². The molecular weight excluding hydrogens is 508 g/mol. The van der Waals surface area contributed by atoms with Gasteiger partial charge in [0, 0.05) is 55.7 Å². The number of methoxy groups -OCH3 is 3. The van der Waals surface area contributed by atoms with E-state index < -0.39 is 0 Å². The van der Waals surface area contributed by atoms with Gasteiger partial charge in [0.05, 0.1) is 32.6 Å². The Balaban J connectivity index is 1.56. The van der Waals surface area contributed by atoms with Crippen molar-refractivity contribution in [3.05, 3.63) is 71.8 Å². The van der Waals surface area contributed by atoms with Gasteiger partial charge in [-0.15, -0.1) is 0 Å². The van der Waals surface area contributed by atoms with Crippen LogP contribution in [0.1, 0.15) is 34.6 Å². The molecule has 9 nitrogen and oxygen atoms in total. The molecule has 0 spiro atoms. The first-order chi connectivity index (χ1) is 19.3. The zero-order valence-electron chi connectivity index (χ0n) is 23.8. The number of ether oxygens (including phenoxy) is 3. The molecule has 9 heteroatoms. The number of benzene rings is 3. The van der Waals surface area contributed by atoms with Gasteiger partial charge in [0.15, 0.2) is 0 Å². The van der Waals surface area contributed by atoms with E-state index in [9.17, 15) is 9.59 Å². The van der Waals surface area contributed by atoms with E-state index >= 15 is 0 Å². The van der Waals surface area contributed by atoms with Crippen LogP contribution in [0, 0.1) is 5.92 Å². The number of nitrogens with one attached hydrogen (secondary N) is 2. The number of rotatable bonds is 10. The second-order valence-corrected chi connectivity index (χ2v) is 10.0. The van der Waals surface area contributed by atoms with Crippen LogP contribution in [0.2, 0.25) is 0 Å². The maximum atomic E-state index is 13.3. The first-order valence-corrected chi connectivity index (χ1v) is 13.4. The fraction of sp³-hybridized carbons (Fsp3) is 0.355. The van der Waals surface area contributed by atoms with Crippen LogP contribution in [0.25, 0.3) is 0 Å². The molecule has 2 N–H and O–H groups in total. The number of amides is 2. The van der Waals surface area contributed by atoms with Gasteiger partial charge in [-0.05, 0) is 48.4 Å². The average molecular weight is 547 g/mol. The van der Waals surface area contributed by atoms with Crippen LogP contribution in [0.3, 0.4) is 0 Å². The number of carbonyl (C=O) groups excluding carboxylic acids is 2. The molecule has 0 atom stereocenters. The van der Waals surface area contributed by atoms with Crippen molar-refractivity contribution < 1.29 is 23.8 Å². The lowest BCUT2D eigenvalue weighted by molar-refractivity contribution is 0.0948. The van der Waals surface area contributed by atoms with Crippen molar-refractivity contribution in [2.24, 2.45) is 5.92 Å². The molecule has 4 rings (SSSR count). The summed E-state index contributed by atoms with van der Waals surface area (Å²) in [6.07, 6.45) is 0. The Hall–Kier alpha value is -4.40. The van der Waals surface area contributed by atoms with Gasteiger partial charge in [-0.3, -0.25) is 9.59 Å². The molecule has 0 saturated carbocycles. The minimum Gasteiger partial charge on any atom is -0.497 e. The molecule has 1 saturated heterocycles. The molecular formula is C31H38N4O5. The Bertz CT molecular complexity index is 1310. The zero-order chi connectivity index (χ0) is 28.6. The second kappa shape index (κ2) is 13.1. The van der Waals surface area contributed by atoms with E-state index in [0.717, 1.165) is 43.3 Å². The summed E-state index contributed by atoms with van der Waals surface area (Å²) in [5.41, 5.74) is 3.33. The number of anilines is 3. The smallest absolute Gasteiger partial charge is 0.255 e. The van der Waals surface area contributed by atoms with Gasteiger partial charge in [0.2, 0.25) is 0 Å². The zero-order valence-corrected chi connectivity index (χ0v) is 23.8. The van der Waals surface area contributed by atoms with E-state index in [2.05, 4.69) is 40.3 Å². The van der Waals surface area contributed by atoms with Crippen LogP contribution in [0.4, 0.5) is 17.1 Å². The Labute approximate surface area is 236 Å². The van der Waals surface area contributed by atoms with Crippen LogP contribution in [-0.2, 0) is 0 Å². The maximum Gasteiger partial charge on any atom is 0.255 e. The summed E-state index contributed by atoms with van der Waals surface area (Å²) in [6, 6.07) is 18.5. The number of carbonyl (C=O) groups is 2. The predicted molar refractivity (Wildman–Crippen MR) is 159 cm³/mol. The SMILES string of the molecule is COc1cc(OC)cc(C(=O)Nc2ccc(N3CCN(c4ccccc4OC)CC3)c(C(=O)NCC(C)C)c2)c1. The summed E-state index contributed by atoms with van der Waals surface area (Å²) in [5, 5.41) is 5.95. The number of piperazine rings is 1. The van der Waals surface area contributed by atoms with Gasteiger partial charge >= 0.3 is 0 Å². The minimum absolute atomic E-state index is 0.171. The Morgan fingerprint density at radius 1 is 0.775 bits per heavy atom. The summed E-state index contributed by atoms with van der Waals surface area (Å²) in [4.78, 5) is 31.0. The van der Waals surface area contributed by atoms with Crippen LogP contribution in [0.5, 0.6) is 17.2 Å². The van der Waals surface area contributed by atoms with Crippen molar-refractivity contribution in [1.29, 1.82) is 0 Å². The molecule has 3 aromatic carbocycles. The lowest BCUT2D eigenvalue weighted by Gasteiger charge is -2.38. The van der Waals surface area contributed by atoms with Crippen molar-refractivity contribution in [3.63, 3.8) is 0 Å². The quantitative estimate of drug-likeness (QED) is 0.382. The van der Waals surface area contributed by atoms with E-state index in [1.807, 2.05) is 30.3 Å². The highest BCUT2D eigenvalue weighted by atomic mass is 16.5. The predicted octanol–water partition coefficient (Wildman–Crippen LogP) is 4.68. The normalized spacial score (nSPS) is 13.2. The summed E-state index contributed by atoms with van der Waals surface area (Å²) in [7, 11) is 4.75. The largest absolute Gasteiger partial charge is 0.497 e. The van der Waals surface area contributed by atoms with E-state index in [1.165, 1.54) is 14.2 Å².